The Bertz CT molecular complexity index is 817. The molecule has 0 aromatic heterocycles. The van der Waals surface area contributed by atoms with Gasteiger partial charge in [-0.1, -0.05) is 6.07 Å². The zero-order chi connectivity index (χ0) is 23.4. The number of benzene rings is 1. The summed E-state index contributed by atoms with van der Waals surface area (Å²) in [5.41, 5.74) is -0.120. The first-order valence-corrected chi connectivity index (χ1v) is 10.2. The molecule has 1 heterocycles. The number of hydrogen-bond acceptors (Lipinski definition) is 8. The van der Waals surface area contributed by atoms with Gasteiger partial charge in [-0.15, -0.1) is 0 Å². The van der Waals surface area contributed by atoms with Gasteiger partial charge in [0.05, 0.1) is 44.4 Å². The van der Waals surface area contributed by atoms with Gasteiger partial charge in [-0.2, -0.15) is 0 Å². The van der Waals surface area contributed by atoms with Crippen LogP contribution >= 0.6 is 0 Å². The minimum Gasteiger partial charge on any atom is -0.494 e. The monoisotopic (exact) mass is 434 g/mol. The van der Waals surface area contributed by atoms with Gasteiger partial charge >= 0.3 is 19.1 Å². The molecule has 1 saturated heterocycles. The summed E-state index contributed by atoms with van der Waals surface area (Å²) in [6.45, 7) is 10.0. The third-order valence-electron chi connectivity index (χ3n) is 5.69. The first-order chi connectivity index (χ1) is 14.4. The molecule has 1 aromatic carbocycles. The molecule has 0 saturated carbocycles. The van der Waals surface area contributed by atoms with E-state index in [4.69, 9.17) is 18.8 Å². The number of esters is 2. The molecule has 1 atom stereocenters. The molecule has 31 heavy (non-hydrogen) atoms. The molecule has 0 radical (unpaired) electrons. The highest BCUT2D eigenvalue weighted by molar-refractivity contribution is 6.62. The molecule has 0 spiro atoms. The maximum absolute atomic E-state index is 13.0. The van der Waals surface area contributed by atoms with Crippen LogP contribution in [0.4, 0.5) is 0 Å². The van der Waals surface area contributed by atoms with Crippen molar-refractivity contribution >= 4 is 30.3 Å². The second-order valence-corrected chi connectivity index (χ2v) is 8.44. The predicted molar refractivity (Wildman–Crippen MR) is 114 cm³/mol. The standard InChI is InChI=1S/C22H31BO8/c1-8-29-17-10-14(18(24)11-15(20(26)28-7)12-19(25)27-6)9-16(13-17)23-30-21(2,3)22(4,5)31-23/h9-10,13,15H,8,11-12H2,1-7H3/t15-/m0/s1. The summed E-state index contributed by atoms with van der Waals surface area (Å²) in [5, 5.41) is 0. The molecule has 0 aliphatic carbocycles. The largest absolute Gasteiger partial charge is 0.494 e. The summed E-state index contributed by atoms with van der Waals surface area (Å²) < 4.78 is 27.2. The average molecular weight is 434 g/mol. The van der Waals surface area contributed by atoms with E-state index in [2.05, 4.69) is 4.74 Å². The third-order valence-corrected chi connectivity index (χ3v) is 5.69. The van der Waals surface area contributed by atoms with Crippen LogP contribution in [-0.4, -0.2) is 56.9 Å². The van der Waals surface area contributed by atoms with E-state index in [1.807, 2.05) is 34.6 Å². The fraction of sp³-hybridized carbons (Fsp3) is 0.591. The van der Waals surface area contributed by atoms with E-state index in [0.717, 1.165) is 0 Å². The van der Waals surface area contributed by atoms with Gasteiger partial charge < -0.3 is 23.5 Å². The molecular formula is C22H31BO8. The number of rotatable bonds is 9. The molecule has 0 bridgehead atoms. The summed E-state index contributed by atoms with van der Waals surface area (Å²) in [4.78, 5) is 36.8. The summed E-state index contributed by atoms with van der Waals surface area (Å²) in [7, 11) is 1.76. The van der Waals surface area contributed by atoms with Crippen LogP contribution in [0.15, 0.2) is 18.2 Å². The van der Waals surface area contributed by atoms with Gasteiger partial charge in [0, 0.05) is 12.0 Å². The molecular weight excluding hydrogens is 403 g/mol. The lowest BCUT2D eigenvalue weighted by atomic mass is 9.77. The van der Waals surface area contributed by atoms with Crippen molar-refractivity contribution in [2.45, 2.75) is 58.7 Å². The summed E-state index contributed by atoms with van der Waals surface area (Å²) >= 11 is 0. The SMILES string of the molecule is CCOc1cc(B2OC(C)(C)C(C)(C)O2)cc(C(=O)C[C@@H](CC(=O)OC)C(=O)OC)c1. The minimum atomic E-state index is -0.944. The van der Waals surface area contributed by atoms with Crippen molar-refractivity contribution in [3.8, 4) is 5.75 Å². The van der Waals surface area contributed by atoms with Crippen molar-refractivity contribution in [1.82, 2.24) is 0 Å². The Morgan fingerprint density at radius 1 is 0.968 bits per heavy atom. The fourth-order valence-corrected chi connectivity index (χ4v) is 3.18. The Morgan fingerprint density at radius 3 is 2.10 bits per heavy atom. The Morgan fingerprint density at radius 2 is 1.58 bits per heavy atom. The second kappa shape index (κ2) is 9.83. The molecule has 1 aromatic rings. The van der Waals surface area contributed by atoms with Crippen molar-refractivity contribution in [2.24, 2.45) is 5.92 Å². The van der Waals surface area contributed by atoms with E-state index in [1.165, 1.54) is 14.2 Å². The lowest BCUT2D eigenvalue weighted by Gasteiger charge is -2.32. The van der Waals surface area contributed by atoms with Crippen LogP contribution in [0.25, 0.3) is 0 Å². The Labute approximate surface area is 183 Å². The zero-order valence-corrected chi connectivity index (χ0v) is 19.3. The fourth-order valence-electron chi connectivity index (χ4n) is 3.18. The molecule has 170 valence electrons. The summed E-state index contributed by atoms with van der Waals surface area (Å²) in [5.74, 6) is -2.03. The highest BCUT2D eigenvalue weighted by atomic mass is 16.7. The molecule has 1 aliphatic rings. The lowest BCUT2D eigenvalue weighted by molar-refractivity contribution is -0.151. The Balaban J connectivity index is 2.33. The molecule has 8 nitrogen and oxygen atoms in total. The van der Waals surface area contributed by atoms with Crippen LogP contribution < -0.4 is 10.2 Å². The summed E-state index contributed by atoms with van der Waals surface area (Å²) in [6, 6.07) is 5.04. The van der Waals surface area contributed by atoms with Crippen LogP contribution in [0, 0.1) is 5.92 Å². The van der Waals surface area contributed by atoms with Crippen LogP contribution in [0.2, 0.25) is 0 Å². The number of methoxy groups -OCH3 is 2. The number of hydrogen-bond donors (Lipinski definition) is 0. The smallest absolute Gasteiger partial charge is 0.494 e. The van der Waals surface area contributed by atoms with Crippen molar-refractivity contribution in [3.05, 3.63) is 23.8 Å². The lowest BCUT2D eigenvalue weighted by Crippen LogP contribution is -2.41. The summed E-state index contributed by atoms with van der Waals surface area (Å²) in [6.07, 6.45) is -0.454. The van der Waals surface area contributed by atoms with Crippen molar-refractivity contribution in [2.75, 3.05) is 20.8 Å². The number of carbonyl (C=O) groups excluding carboxylic acids is 3. The van der Waals surface area contributed by atoms with Gasteiger partial charge in [0.1, 0.15) is 5.75 Å². The molecule has 1 fully saturated rings. The van der Waals surface area contributed by atoms with E-state index >= 15 is 0 Å². The van der Waals surface area contributed by atoms with Crippen molar-refractivity contribution in [1.29, 1.82) is 0 Å². The molecule has 0 unspecified atom stereocenters. The highest BCUT2D eigenvalue weighted by Crippen LogP contribution is 2.36. The first-order valence-electron chi connectivity index (χ1n) is 10.2. The van der Waals surface area contributed by atoms with Crippen LogP contribution in [0.1, 0.15) is 57.8 Å². The Kier molecular flexibility index (Phi) is 7.89. The van der Waals surface area contributed by atoms with Crippen LogP contribution in [0.3, 0.4) is 0 Å². The van der Waals surface area contributed by atoms with Gasteiger partial charge in [-0.05, 0) is 52.2 Å². The van der Waals surface area contributed by atoms with Gasteiger partial charge in [-0.3, -0.25) is 14.4 Å². The van der Waals surface area contributed by atoms with E-state index in [-0.39, 0.29) is 18.6 Å². The maximum Gasteiger partial charge on any atom is 0.494 e. The topological polar surface area (TPSA) is 97.4 Å². The van der Waals surface area contributed by atoms with Gasteiger partial charge in [0.25, 0.3) is 0 Å². The molecule has 1 aliphatic heterocycles. The van der Waals surface area contributed by atoms with Crippen molar-refractivity contribution in [3.63, 3.8) is 0 Å². The van der Waals surface area contributed by atoms with Crippen LogP contribution in [0.5, 0.6) is 5.75 Å². The number of ketones is 1. The molecule has 2 rings (SSSR count). The van der Waals surface area contributed by atoms with Gasteiger partial charge in [0.2, 0.25) is 0 Å². The third kappa shape index (κ3) is 5.86. The number of Topliss-reactive ketones (excluding diaryl/α,β-unsaturated/α-hetero) is 1. The maximum atomic E-state index is 13.0. The quantitative estimate of drug-likeness (QED) is 0.332. The Hall–Kier alpha value is -2.39. The van der Waals surface area contributed by atoms with E-state index in [9.17, 15) is 14.4 Å². The normalized spacial score (nSPS) is 17.7. The average Bonchev–Trinajstić information content (AvgIpc) is 2.93. The number of carbonyl (C=O) groups is 3. The van der Waals surface area contributed by atoms with Gasteiger partial charge in [0.15, 0.2) is 5.78 Å². The van der Waals surface area contributed by atoms with E-state index in [1.54, 1.807) is 18.2 Å². The second-order valence-electron chi connectivity index (χ2n) is 8.44. The van der Waals surface area contributed by atoms with E-state index in [0.29, 0.717) is 23.4 Å². The van der Waals surface area contributed by atoms with E-state index < -0.39 is 36.2 Å². The van der Waals surface area contributed by atoms with Crippen LogP contribution in [-0.2, 0) is 28.4 Å². The van der Waals surface area contributed by atoms with Crippen molar-refractivity contribution < 1.29 is 37.9 Å². The molecule has 9 heteroatoms. The molecule has 0 amide bonds. The number of ether oxygens (including phenoxy) is 3. The predicted octanol–water partition coefficient (Wildman–Crippen LogP) is 2.31. The minimum absolute atomic E-state index is 0.208. The van der Waals surface area contributed by atoms with Gasteiger partial charge in [-0.25, -0.2) is 0 Å². The zero-order valence-electron chi connectivity index (χ0n) is 19.3. The highest BCUT2D eigenvalue weighted by Gasteiger charge is 2.51. The first kappa shape index (κ1) is 24.9. The molecule has 0 N–H and O–H groups in total.